The highest BCUT2D eigenvalue weighted by atomic mass is 16.5. The lowest BCUT2D eigenvalue weighted by Gasteiger charge is -2.06. The van der Waals surface area contributed by atoms with Gasteiger partial charge in [-0.15, -0.1) is 0 Å². The first-order chi connectivity index (χ1) is 11.5. The van der Waals surface area contributed by atoms with E-state index in [0.29, 0.717) is 12.3 Å². The van der Waals surface area contributed by atoms with Crippen LogP contribution in [0.1, 0.15) is 30.3 Å². The minimum absolute atomic E-state index is 0.120. The molecule has 0 aliphatic heterocycles. The second-order valence-corrected chi connectivity index (χ2v) is 5.65. The molecule has 1 aromatic carbocycles. The van der Waals surface area contributed by atoms with Gasteiger partial charge in [-0.2, -0.15) is 0 Å². The second-order valence-electron chi connectivity index (χ2n) is 5.65. The number of esters is 1. The first-order valence-corrected chi connectivity index (χ1v) is 7.97. The highest BCUT2D eigenvalue weighted by Gasteiger charge is 2.05. The maximum Gasteiger partial charge on any atom is 0.310 e. The van der Waals surface area contributed by atoms with E-state index in [1.54, 1.807) is 12.1 Å². The molecule has 2 aromatic rings. The highest BCUT2D eigenvalue weighted by molar-refractivity contribution is 5.88. The van der Waals surface area contributed by atoms with Gasteiger partial charge in [0.15, 0.2) is 0 Å². The summed E-state index contributed by atoms with van der Waals surface area (Å²) in [6, 6.07) is 13.1. The third-order valence-corrected chi connectivity index (χ3v) is 3.41. The van der Waals surface area contributed by atoms with Crippen molar-refractivity contribution < 1.29 is 14.3 Å². The Hall–Kier alpha value is -2.69. The molecule has 0 aliphatic carbocycles. The molecule has 0 radical (unpaired) electrons. The quantitative estimate of drug-likeness (QED) is 0.627. The summed E-state index contributed by atoms with van der Waals surface area (Å²) in [7, 11) is 0. The van der Waals surface area contributed by atoms with Crippen LogP contribution >= 0.6 is 0 Å². The van der Waals surface area contributed by atoms with Gasteiger partial charge >= 0.3 is 5.97 Å². The Morgan fingerprint density at radius 2 is 1.88 bits per heavy atom. The third kappa shape index (κ3) is 6.20. The average molecular weight is 326 g/mol. The summed E-state index contributed by atoms with van der Waals surface area (Å²) in [4.78, 5) is 27.2. The summed E-state index contributed by atoms with van der Waals surface area (Å²) in [5.74, 6) is -0.371. The van der Waals surface area contributed by atoms with E-state index in [0.717, 1.165) is 29.8 Å². The van der Waals surface area contributed by atoms with Gasteiger partial charge in [-0.25, -0.2) is 0 Å². The van der Waals surface area contributed by atoms with Crippen LogP contribution in [0.2, 0.25) is 0 Å². The summed E-state index contributed by atoms with van der Waals surface area (Å²) in [5.41, 5.74) is 3.58. The van der Waals surface area contributed by atoms with Gasteiger partial charge in [-0.05, 0) is 49.6 Å². The molecule has 1 amide bonds. The van der Waals surface area contributed by atoms with E-state index in [2.05, 4.69) is 10.3 Å². The molecular formula is C19H22N2O3. The molecule has 24 heavy (non-hydrogen) atoms. The van der Waals surface area contributed by atoms with Gasteiger partial charge in [0.25, 0.3) is 0 Å². The van der Waals surface area contributed by atoms with Crippen molar-refractivity contribution in [2.24, 2.45) is 0 Å². The zero-order valence-corrected chi connectivity index (χ0v) is 14.0. The van der Waals surface area contributed by atoms with Crippen molar-refractivity contribution in [2.75, 3.05) is 11.9 Å². The smallest absolute Gasteiger partial charge is 0.310 e. The van der Waals surface area contributed by atoms with Crippen molar-refractivity contribution in [3.05, 3.63) is 59.4 Å². The molecule has 5 heteroatoms. The standard InChI is InChI=1S/C19H22N2O3/c1-14-5-3-6-17(20-14)7-4-12-24-19(23)13-16-8-10-18(11-9-16)21-15(2)22/h3,5-6,8-11H,4,7,12-13H2,1-2H3,(H,21,22). The number of amides is 1. The summed E-state index contributed by atoms with van der Waals surface area (Å²) < 4.78 is 5.26. The largest absolute Gasteiger partial charge is 0.465 e. The summed E-state index contributed by atoms with van der Waals surface area (Å²) in [6.07, 6.45) is 1.77. The normalized spacial score (nSPS) is 10.2. The van der Waals surface area contributed by atoms with Crippen LogP contribution in [-0.2, 0) is 27.2 Å². The second kappa shape index (κ2) is 8.82. The molecular weight excluding hydrogens is 304 g/mol. The molecule has 1 N–H and O–H groups in total. The Labute approximate surface area is 142 Å². The first-order valence-electron chi connectivity index (χ1n) is 7.97. The van der Waals surface area contributed by atoms with E-state index < -0.39 is 0 Å². The number of nitrogens with zero attached hydrogens (tertiary/aromatic N) is 1. The molecule has 0 saturated carbocycles. The van der Waals surface area contributed by atoms with Gasteiger partial charge in [0, 0.05) is 24.0 Å². The SMILES string of the molecule is CC(=O)Nc1ccc(CC(=O)OCCCc2cccc(C)n2)cc1. The monoisotopic (exact) mass is 326 g/mol. The van der Waals surface area contributed by atoms with Gasteiger partial charge in [0.2, 0.25) is 5.91 Å². The predicted octanol–water partition coefficient (Wildman–Crippen LogP) is 3.07. The Bertz CT molecular complexity index is 696. The van der Waals surface area contributed by atoms with E-state index in [-0.39, 0.29) is 18.3 Å². The summed E-state index contributed by atoms with van der Waals surface area (Å²) in [6.45, 7) is 3.80. The molecule has 0 atom stereocenters. The first kappa shape index (κ1) is 17.7. The molecule has 5 nitrogen and oxygen atoms in total. The van der Waals surface area contributed by atoms with Crippen LogP contribution in [0.3, 0.4) is 0 Å². The summed E-state index contributed by atoms with van der Waals surface area (Å²) in [5, 5.41) is 2.69. The number of pyridine rings is 1. The van der Waals surface area contributed by atoms with Gasteiger partial charge in [-0.1, -0.05) is 18.2 Å². The van der Waals surface area contributed by atoms with E-state index in [1.807, 2.05) is 37.3 Å². The van der Waals surface area contributed by atoms with E-state index in [1.165, 1.54) is 6.92 Å². The van der Waals surface area contributed by atoms with Gasteiger partial charge in [0.05, 0.1) is 13.0 Å². The van der Waals surface area contributed by atoms with E-state index >= 15 is 0 Å². The van der Waals surface area contributed by atoms with E-state index in [4.69, 9.17) is 4.74 Å². The Morgan fingerprint density at radius 1 is 1.12 bits per heavy atom. The average Bonchev–Trinajstić information content (AvgIpc) is 2.53. The number of aryl methyl sites for hydroxylation is 2. The van der Waals surface area contributed by atoms with Crippen molar-refractivity contribution in [2.45, 2.75) is 33.1 Å². The minimum atomic E-state index is -0.250. The molecule has 1 heterocycles. The molecule has 0 unspecified atom stereocenters. The number of benzene rings is 1. The number of carbonyl (C=O) groups excluding carboxylic acids is 2. The molecule has 126 valence electrons. The number of hydrogen-bond acceptors (Lipinski definition) is 4. The van der Waals surface area contributed by atoms with Crippen LogP contribution in [0.15, 0.2) is 42.5 Å². The van der Waals surface area contributed by atoms with Crippen molar-refractivity contribution >= 4 is 17.6 Å². The van der Waals surface area contributed by atoms with Crippen LogP contribution in [-0.4, -0.2) is 23.5 Å². The zero-order valence-electron chi connectivity index (χ0n) is 14.0. The number of anilines is 1. The lowest BCUT2D eigenvalue weighted by molar-refractivity contribution is -0.142. The molecule has 0 aliphatic rings. The Balaban J connectivity index is 1.70. The molecule has 0 spiro atoms. The summed E-state index contributed by atoms with van der Waals surface area (Å²) >= 11 is 0. The zero-order chi connectivity index (χ0) is 17.4. The predicted molar refractivity (Wildman–Crippen MR) is 92.7 cm³/mol. The minimum Gasteiger partial charge on any atom is -0.465 e. The molecule has 0 bridgehead atoms. The van der Waals surface area contributed by atoms with Crippen LogP contribution in [0.4, 0.5) is 5.69 Å². The van der Waals surface area contributed by atoms with Crippen LogP contribution in [0, 0.1) is 6.92 Å². The van der Waals surface area contributed by atoms with Crippen molar-refractivity contribution in [3.8, 4) is 0 Å². The van der Waals surface area contributed by atoms with E-state index in [9.17, 15) is 9.59 Å². The van der Waals surface area contributed by atoms with Gasteiger partial charge in [-0.3, -0.25) is 14.6 Å². The van der Waals surface area contributed by atoms with Gasteiger partial charge in [0.1, 0.15) is 0 Å². The highest BCUT2D eigenvalue weighted by Crippen LogP contribution is 2.10. The number of carbonyl (C=O) groups is 2. The molecule has 2 rings (SSSR count). The Morgan fingerprint density at radius 3 is 2.54 bits per heavy atom. The molecule has 0 saturated heterocycles. The topological polar surface area (TPSA) is 68.3 Å². The van der Waals surface area contributed by atoms with Gasteiger partial charge < -0.3 is 10.1 Å². The number of ether oxygens (including phenoxy) is 1. The third-order valence-electron chi connectivity index (χ3n) is 3.41. The van der Waals surface area contributed by atoms with Crippen molar-refractivity contribution in [1.82, 2.24) is 4.98 Å². The van der Waals surface area contributed by atoms with Crippen LogP contribution in [0.5, 0.6) is 0 Å². The molecule has 0 fully saturated rings. The lowest BCUT2D eigenvalue weighted by Crippen LogP contribution is -2.10. The maximum atomic E-state index is 11.8. The number of aromatic nitrogens is 1. The fourth-order valence-corrected chi connectivity index (χ4v) is 2.30. The number of rotatable bonds is 7. The van der Waals surface area contributed by atoms with Crippen molar-refractivity contribution in [1.29, 1.82) is 0 Å². The van der Waals surface area contributed by atoms with Crippen LogP contribution < -0.4 is 5.32 Å². The number of hydrogen-bond donors (Lipinski definition) is 1. The van der Waals surface area contributed by atoms with Crippen LogP contribution in [0.25, 0.3) is 0 Å². The Kier molecular flexibility index (Phi) is 6.49. The van der Waals surface area contributed by atoms with Crippen molar-refractivity contribution in [3.63, 3.8) is 0 Å². The molecule has 1 aromatic heterocycles. The number of nitrogens with one attached hydrogen (secondary N) is 1. The maximum absolute atomic E-state index is 11.8. The fraction of sp³-hybridized carbons (Fsp3) is 0.316. The fourth-order valence-electron chi connectivity index (χ4n) is 2.30. The lowest BCUT2D eigenvalue weighted by atomic mass is 10.1.